The third kappa shape index (κ3) is 4.85. The van der Waals surface area contributed by atoms with Crippen LogP contribution in [0.3, 0.4) is 0 Å². The number of sulfone groups is 1. The minimum Gasteiger partial charge on any atom is -0.395 e. The van der Waals surface area contributed by atoms with Crippen LogP contribution in [-0.4, -0.2) is 65.4 Å². The maximum atomic E-state index is 12.9. The maximum Gasteiger partial charge on any atom is 0.254 e. The molecule has 0 aliphatic carbocycles. The lowest BCUT2D eigenvalue weighted by atomic mass is 10.1. The number of carbonyl (C=O) groups excluding carboxylic acids is 1. The summed E-state index contributed by atoms with van der Waals surface area (Å²) in [7, 11) is -2.97. The van der Waals surface area contributed by atoms with Crippen molar-refractivity contribution >= 4 is 38.4 Å². The summed E-state index contributed by atoms with van der Waals surface area (Å²) >= 11 is 1.46. The normalized spacial score (nSPS) is 21.7. The fourth-order valence-electron chi connectivity index (χ4n) is 3.60. The minimum atomic E-state index is -2.97. The first-order valence-corrected chi connectivity index (χ1v) is 12.4. The van der Waals surface area contributed by atoms with Gasteiger partial charge in [0.15, 0.2) is 15.0 Å². The molecule has 7 nitrogen and oxygen atoms in total. The number of thioether (sulfide) groups is 1. The summed E-state index contributed by atoms with van der Waals surface area (Å²) in [5.41, 5.74) is 2.33. The van der Waals surface area contributed by atoms with Gasteiger partial charge in [0, 0.05) is 29.6 Å². The zero-order valence-electron chi connectivity index (χ0n) is 16.3. The molecule has 0 bridgehead atoms. The summed E-state index contributed by atoms with van der Waals surface area (Å²) in [5, 5.41) is 13.3. The van der Waals surface area contributed by atoms with E-state index in [2.05, 4.69) is 10.3 Å². The van der Waals surface area contributed by atoms with E-state index >= 15 is 0 Å². The van der Waals surface area contributed by atoms with Crippen LogP contribution in [0.1, 0.15) is 15.9 Å². The zero-order valence-corrected chi connectivity index (χ0v) is 17.9. The molecule has 158 valence electrons. The van der Waals surface area contributed by atoms with Gasteiger partial charge in [0.1, 0.15) is 0 Å². The number of fused-ring (bicyclic) bond motifs is 1. The Morgan fingerprint density at radius 2 is 1.87 bits per heavy atom. The second-order valence-electron chi connectivity index (χ2n) is 7.37. The number of carbonyl (C=O) groups is 1. The molecule has 4 rings (SSSR count). The highest BCUT2D eigenvalue weighted by Gasteiger charge is 2.42. The van der Waals surface area contributed by atoms with Gasteiger partial charge in [-0.15, -0.1) is 0 Å². The van der Waals surface area contributed by atoms with Gasteiger partial charge in [0.05, 0.1) is 24.2 Å². The molecule has 2 heterocycles. The highest BCUT2D eigenvalue weighted by Crippen LogP contribution is 2.34. The summed E-state index contributed by atoms with van der Waals surface area (Å²) < 4.78 is 23.3. The van der Waals surface area contributed by atoms with E-state index < -0.39 is 9.84 Å². The molecule has 0 spiro atoms. The molecule has 0 saturated carbocycles. The van der Waals surface area contributed by atoms with Crippen LogP contribution in [0.2, 0.25) is 0 Å². The Labute approximate surface area is 180 Å². The van der Waals surface area contributed by atoms with Crippen molar-refractivity contribution in [3.05, 3.63) is 65.7 Å². The topological polar surface area (TPSA) is 99.1 Å². The highest BCUT2D eigenvalue weighted by molar-refractivity contribution is 8.15. The van der Waals surface area contributed by atoms with Crippen molar-refractivity contribution in [2.24, 2.45) is 4.99 Å². The monoisotopic (exact) mass is 445 g/mol. The van der Waals surface area contributed by atoms with E-state index in [-0.39, 0.29) is 41.9 Å². The first kappa shape index (κ1) is 20.9. The third-order valence-electron chi connectivity index (χ3n) is 5.07. The van der Waals surface area contributed by atoms with Gasteiger partial charge in [-0.25, -0.2) is 8.42 Å². The molecule has 0 unspecified atom stereocenters. The molecule has 2 aromatic rings. The first-order valence-electron chi connectivity index (χ1n) is 9.69. The maximum absolute atomic E-state index is 12.9. The van der Waals surface area contributed by atoms with Crippen LogP contribution < -0.4 is 5.32 Å². The first-order chi connectivity index (χ1) is 14.4. The molecule has 30 heavy (non-hydrogen) atoms. The predicted molar refractivity (Wildman–Crippen MR) is 120 cm³/mol. The van der Waals surface area contributed by atoms with Gasteiger partial charge in [0.2, 0.25) is 0 Å². The van der Waals surface area contributed by atoms with Gasteiger partial charge in [-0.05, 0) is 29.8 Å². The summed E-state index contributed by atoms with van der Waals surface area (Å²) in [4.78, 5) is 19.0. The predicted octanol–water partition coefficient (Wildman–Crippen LogP) is 2.00. The summed E-state index contributed by atoms with van der Waals surface area (Å²) in [6, 6.07) is 16.6. The van der Waals surface area contributed by atoms with Gasteiger partial charge in [-0.2, -0.15) is 0 Å². The number of aliphatic hydroxyl groups excluding tert-OH is 1. The zero-order chi connectivity index (χ0) is 21.1. The number of hydrogen-bond acceptors (Lipinski definition) is 7. The smallest absolute Gasteiger partial charge is 0.254 e. The van der Waals surface area contributed by atoms with E-state index in [0.717, 1.165) is 11.3 Å². The average Bonchev–Trinajstić information content (AvgIpc) is 3.21. The van der Waals surface area contributed by atoms with Crippen LogP contribution in [-0.2, 0) is 16.4 Å². The highest BCUT2D eigenvalue weighted by atomic mass is 32.2. The molecular formula is C21H23N3O4S2. The van der Waals surface area contributed by atoms with Crippen LogP contribution in [0.5, 0.6) is 0 Å². The standard InChI is InChI=1S/C21H23N3O4S2/c25-11-10-24(12-15-4-2-1-3-5-15)20(26)16-6-8-17(9-7-16)22-21-23-18-13-30(27,28)14-19(18)29-21/h1-9,18-19,25H,10-14H2,(H,22,23)/t18-,19-/m0/s1. The Kier molecular flexibility index (Phi) is 6.12. The lowest BCUT2D eigenvalue weighted by molar-refractivity contribution is 0.0708. The molecule has 9 heteroatoms. The average molecular weight is 446 g/mol. The summed E-state index contributed by atoms with van der Waals surface area (Å²) in [6.45, 7) is 0.583. The molecule has 1 fully saturated rings. The number of anilines is 1. The van der Waals surface area contributed by atoms with Crippen molar-refractivity contribution in [2.45, 2.75) is 17.8 Å². The Bertz CT molecular complexity index is 1040. The van der Waals surface area contributed by atoms with Crippen molar-refractivity contribution in [2.75, 3.05) is 30.0 Å². The molecular weight excluding hydrogens is 422 g/mol. The van der Waals surface area contributed by atoms with E-state index in [4.69, 9.17) is 0 Å². The fraction of sp³-hybridized carbons (Fsp3) is 0.333. The van der Waals surface area contributed by atoms with Gasteiger partial charge in [-0.3, -0.25) is 9.79 Å². The second kappa shape index (κ2) is 8.79. The molecule has 1 saturated heterocycles. The van der Waals surface area contributed by atoms with Gasteiger partial charge < -0.3 is 15.3 Å². The van der Waals surface area contributed by atoms with Crippen molar-refractivity contribution in [3.63, 3.8) is 0 Å². The number of aliphatic hydroxyl groups is 1. The van der Waals surface area contributed by atoms with Crippen molar-refractivity contribution in [1.82, 2.24) is 4.90 Å². The van der Waals surface area contributed by atoms with E-state index in [0.29, 0.717) is 17.3 Å². The molecule has 0 aromatic heterocycles. The Morgan fingerprint density at radius 3 is 2.53 bits per heavy atom. The number of rotatable bonds is 6. The molecule has 0 radical (unpaired) electrons. The summed E-state index contributed by atoms with van der Waals surface area (Å²) in [6.07, 6.45) is 0. The van der Waals surface area contributed by atoms with Gasteiger partial charge in [0.25, 0.3) is 5.91 Å². The number of nitrogens with one attached hydrogen (secondary N) is 1. The van der Waals surface area contributed by atoms with Crippen LogP contribution in [0.4, 0.5) is 5.69 Å². The number of hydrogen-bond donors (Lipinski definition) is 2. The van der Waals surface area contributed by atoms with Gasteiger partial charge in [-0.1, -0.05) is 42.1 Å². The van der Waals surface area contributed by atoms with Crippen LogP contribution in [0, 0.1) is 0 Å². The van der Waals surface area contributed by atoms with Crippen molar-refractivity contribution < 1.29 is 18.3 Å². The second-order valence-corrected chi connectivity index (χ2v) is 10.8. The van der Waals surface area contributed by atoms with E-state index in [1.807, 2.05) is 30.3 Å². The number of nitrogens with zero attached hydrogens (tertiary/aromatic N) is 2. The Balaban J connectivity index is 1.40. The van der Waals surface area contributed by atoms with E-state index in [1.54, 1.807) is 29.2 Å². The number of amides is 1. The molecule has 2 N–H and O–H groups in total. The summed E-state index contributed by atoms with van der Waals surface area (Å²) in [5.74, 6) is 0.143. The lowest BCUT2D eigenvalue weighted by Crippen LogP contribution is -2.33. The number of benzene rings is 2. The van der Waals surface area contributed by atoms with Crippen LogP contribution >= 0.6 is 11.8 Å². The van der Waals surface area contributed by atoms with Crippen LogP contribution in [0.25, 0.3) is 0 Å². The van der Waals surface area contributed by atoms with Crippen LogP contribution in [0.15, 0.2) is 59.6 Å². The molecule has 2 aromatic carbocycles. The molecule has 2 atom stereocenters. The number of amidine groups is 1. The fourth-order valence-corrected chi connectivity index (χ4v) is 7.27. The number of aliphatic imine (C=N–C) groups is 1. The van der Waals surface area contributed by atoms with Crippen molar-refractivity contribution in [3.8, 4) is 0 Å². The molecule has 1 amide bonds. The van der Waals surface area contributed by atoms with Crippen molar-refractivity contribution in [1.29, 1.82) is 0 Å². The van der Waals surface area contributed by atoms with E-state index in [9.17, 15) is 18.3 Å². The quantitative estimate of drug-likeness (QED) is 0.706. The largest absolute Gasteiger partial charge is 0.395 e. The minimum absolute atomic E-state index is 0.0108. The van der Waals surface area contributed by atoms with E-state index in [1.165, 1.54) is 11.8 Å². The third-order valence-corrected chi connectivity index (χ3v) is 8.22. The lowest BCUT2D eigenvalue weighted by Gasteiger charge is -2.22. The Hall–Kier alpha value is -2.36. The molecule has 2 aliphatic rings. The Morgan fingerprint density at radius 1 is 1.13 bits per heavy atom. The SMILES string of the molecule is O=C(c1ccc(NC2=N[C@H]3CS(=O)(=O)C[C@@H]3S2)cc1)N(CCO)Cc1ccccc1. The van der Waals surface area contributed by atoms with Gasteiger partial charge >= 0.3 is 0 Å². The molecule has 2 aliphatic heterocycles.